The number of hydrogen-bond acceptors (Lipinski definition) is 7. The molecule has 0 aliphatic carbocycles. The van der Waals surface area contributed by atoms with E-state index in [-0.39, 0.29) is 0 Å². The van der Waals surface area contributed by atoms with Crippen molar-refractivity contribution in [2.24, 2.45) is 0 Å². The lowest BCUT2D eigenvalue weighted by Crippen LogP contribution is -2.00. The number of benzene rings is 6. The zero-order valence-electron chi connectivity index (χ0n) is 28.3. The zero-order chi connectivity index (χ0) is 35.1. The smallest absolute Gasteiger partial charge is 0.229 e. The quantitative estimate of drug-likeness (QED) is 0.173. The van der Waals surface area contributed by atoms with Gasteiger partial charge < -0.3 is 4.42 Å². The average molecular weight is 681 g/mol. The predicted octanol–water partition coefficient (Wildman–Crippen LogP) is 11.1. The Morgan fingerprint density at radius 3 is 1.51 bits per heavy atom. The molecule has 7 nitrogen and oxygen atoms in total. The van der Waals surface area contributed by atoms with Gasteiger partial charge in [-0.2, -0.15) is 0 Å². The number of hydrogen-bond donors (Lipinski definition) is 0. The van der Waals surface area contributed by atoms with E-state index in [1.807, 2.05) is 79.0 Å². The molecule has 53 heavy (non-hydrogen) atoms. The summed E-state index contributed by atoms with van der Waals surface area (Å²) >= 11 is 0. The molecule has 248 valence electrons. The van der Waals surface area contributed by atoms with Gasteiger partial charge in [0.1, 0.15) is 5.52 Å². The van der Waals surface area contributed by atoms with Gasteiger partial charge in [-0.25, -0.2) is 29.9 Å². The molecule has 0 radical (unpaired) electrons. The largest absolute Gasteiger partial charge is 0.434 e. The number of furan rings is 1. The molecule has 0 bridgehead atoms. The van der Waals surface area contributed by atoms with Gasteiger partial charge in [0.25, 0.3) is 0 Å². The maximum Gasteiger partial charge on any atom is 0.229 e. The third-order valence-corrected chi connectivity index (χ3v) is 9.47. The molecule has 10 aromatic rings. The molecular formula is C46H28N6O. The number of pyridine rings is 1. The molecule has 0 spiro atoms. The van der Waals surface area contributed by atoms with Crippen molar-refractivity contribution in [1.82, 2.24) is 29.9 Å². The number of aromatic nitrogens is 6. The Kier molecular flexibility index (Phi) is 7.32. The second-order valence-corrected chi connectivity index (χ2v) is 12.8. The summed E-state index contributed by atoms with van der Waals surface area (Å²) in [6, 6.07) is 53.5. The Balaban J connectivity index is 0.998. The molecule has 0 atom stereocenters. The first-order chi connectivity index (χ1) is 26.2. The van der Waals surface area contributed by atoms with Crippen molar-refractivity contribution in [2.75, 3.05) is 0 Å². The van der Waals surface area contributed by atoms with Crippen LogP contribution in [-0.2, 0) is 0 Å². The van der Waals surface area contributed by atoms with Gasteiger partial charge in [-0.15, -0.1) is 0 Å². The molecule has 0 fully saturated rings. The van der Waals surface area contributed by atoms with Gasteiger partial charge in [0.2, 0.25) is 5.71 Å². The SMILES string of the molecule is c1ccc(-c2ccc(-c3nc(-c4ccccc4)nc(-c4ccc(-c5ncc6oc7ncc(-c8ccc9ccccc9c8)cc7c6n5)cc4)n3)cc2)cc1. The van der Waals surface area contributed by atoms with Crippen molar-refractivity contribution in [2.45, 2.75) is 0 Å². The van der Waals surface area contributed by atoms with E-state index in [4.69, 9.17) is 24.4 Å². The molecule has 0 amide bonds. The van der Waals surface area contributed by atoms with Crippen molar-refractivity contribution in [3.05, 3.63) is 170 Å². The second kappa shape index (κ2) is 12.7. The Morgan fingerprint density at radius 1 is 0.340 bits per heavy atom. The molecule has 10 rings (SSSR count). The van der Waals surface area contributed by atoms with Gasteiger partial charge in [0, 0.05) is 34.0 Å². The zero-order valence-corrected chi connectivity index (χ0v) is 28.3. The van der Waals surface area contributed by atoms with Gasteiger partial charge in [-0.3, -0.25) is 0 Å². The van der Waals surface area contributed by atoms with E-state index in [0.29, 0.717) is 34.6 Å². The van der Waals surface area contributed by atoms with Gasteiger partial charge in [0.15, 0.2) is 28.9 Å². The minimum atomic E-state index is 0.529. The molecule has 0 aliphatic rings. The van der Waals surface area contributed by atoms with Crippen LogP contribution in [0.1, 0.15) is 0 Å². The third kappa shape index (κ3) is 5.76. The molecule has 0 unspecified atom stereocenters. The van der Waals surface area contributed by atoms with E-state index in [1.54, 1.807) is 6.20 Å². The van der Waals surface area contributed by atoms with Crippen LogP contribution < -0.4 is 0 Å². The van der Waals surface area contributed by atoms with Crippen molar-refractivity contribution >= 4 is 33.0 Å². The monoisotopic (exact) mass is 680 g/mol. The van der Waals surface area contributed by atoms with Crippen LogP contribution in [-0.4, -0.2) is 29.9 Å². The summed E-state index contributed by atoms with van der Waals surface area (Å²) in [5.41, 5.74) is 9.75. The van der Waals surface area contributed by atoms with E-state index < -0.39 is 0 Å². The van der Waals surface area contributed by atoms with Crippen LogP contribution in [0.5, 0.6) is 0 Å². The lowest BCUT2D eigenvalue weighted by molar-refractivity contribution is 0.651. The standard InChI is InChI=1S/C46H28N6O/c1-3-9-29(10-4-1)31-15-18-34(19-16-31)44-50-43(32-12-5-2-6-13-32)51-45(52-44)35-22-20-33(21-23-35)42-47-28-40-41(49-42)39-26-38(27-48-46(39)53-40)37-24-17-30-11-7-8-14-36(30)25-37/h1-28H. The van der Waals surface area contributed by atoms with Crippen molar-refractivity contribution in [3.8, 4) is 67.8 Å². The first-order valence-electron chi connectivity index (χ1n) is 17.3. The summed E-state index contributed by atoms with van der Waals surface area (Å²) < 4.78 is 6.05. The van der Waals surface area contributed by atoms with E-state index >= 15 is 0 Å². The van der Waals surface area contributed by atoms with Gasteiger partial charge in [-0.1, -0.05) is 146 Å². The maximum absolute atomic E-state index is 6.05. The van der Waals surface area contributed by atoms with Crippen molar-refractivity contribution < 1.29 is 4.42 Å². The second-order valence-electron chi connectivity index (χ2n) is 12.8. The normalized spacial score (nSPS) is 11.4. The Labute approximate surface area is 304 Å². The number of rotatable bonds is 6. The fraction of sp³-hybridized carbons (Fsp3) is 0. The van der Waals surface area contributed by atoms with E-state index in [1.165, 1.54) is 10.8 Å². The molecular weight excluding hydrogens is 653 g/mol. The fourth-order valence-electron chi connectivity index (χ4n) is 6.67. The van der Waals surface area contributed by atoms with Crippen molar-refractivity contribution in [3.63, 3.8) is 0 Å². The average Bonchev–Trinajstić information content (AvgIpc) is 3.61. The molecule has 0 N–H and O–H groups in total. The predicted molar refractivity (Wildman–Crippen MR) is 211 cm³/mol. The first-order valence-corrected chi connectivity index (χ1v) is 17.3. The first kappa shape index (κ1) is 30.4. The highest BCUT2D eigenvalue weighted by atomic mass is 16.3. The molecule has 0 aliphatic heterocycles. The minimum Gasteiger partial charge on any atom is -0.434 e. The van der Waals surface area contributed by atoms with Gasteiger partial charge in [-0.05, 0) is 39.6 Å². The van der Waals surface area contributed by atoms with Gasteiger partial charge >= 0.3 is 0 Å². The summed E-state index contributed by atoms with van der Waals surface area (Å²) in [7, 11) is 0. The summed E-state index contributed by atoms with van der Waals surface area (Å²) in [4.78, 5) is 29.0. The molecule has 4 aromatic heterocycles. The highest BCUT2D eigenvalue weighted by Gasteiger charge is 2.16. The minimum absolute atomic E-state index is 0.529. The summed E-state index contributed by atoms with van der Waals surface area (Å²) in [6.07, 6.45) is 3.56. The maximum atomic E-state index is 6.05. The van der Waals surface area contributed by atoms with Crippen LogP contribution in [0.4, 0.5) is 0 Å². The third-order valence-electron chi connectivity index (χ3n) is 9.47. The van der Waals surface area contributed by atoms with Gasteiger partial charge in [0.05, 0.1) is 11.6 Å². The fourth-order valence-corrected chi connectivity index (χ4v) is 6.67. The van der Waals surface area contributed by atoms with Crippen LogP contribution >= 0.6 is 0 Å². The van der Waals surface area contributed by atoms with Crippen LogP contribution in [0.25, 0.3) is 101 Å². The summed E-state index contributed by atoms with van der Waals surface area (Å²) in [5.74, 6) is 2.38. The highest BCUT2D eigenvalue weighted by molar-refractivity contribution is 6.03. The van der Waals surface area contributed by atoms with Crippen LogP contribution in [0.15, 0.2) is 175 Å². The highest BCUT2D eigenvalue weighted by Crippen LogP contribution is 2.33. The molecule has 0 saturated heterocycles. The molecule has 0 saturated carbocycles. The van der Waals surface area contributed by atoms with Crippen molar-refractivity contribution in [1.29, 1.82) is 0 Å². The molecule has 6 aromatic carbocycles. The summed E-state index contributed by atoms with van der Waals surface area (Å²) in [6.45, 7) is 0. The number of nitrogens with zero attached hydrogens (tertiary/aromatic N) is 6. The van der Waals surface area contributed by atoms with Crippen LogP contribution in [0.3, 0.4) is 0 Å². The Morgan fingerprint density at radius 2 is 0.849 bits per heavy atom. The molecule has 7 heteroatoms. The van der Waals surface area contributed by atoms with E-state index in [9.17, 15) is 0 Å². The summed E-state index contributed by atoms with van der Waals surface area (Å²) in [5, 5.41) is 3.22. The van der Waals surface area contributed by atoms with E-state index in [2.05, 4.69) is 94.9 Å². The lowest BCUT2D eigenvalue weighted by atomic mass is 10.0. The lowest BCUT2D eigenvalue weighted by Gasteiger charge is -2.09. The molecule has 4 heterocycles. The Hall–Kier alpha value is -7.38. The van der Waals surface area contributed by atoms with E-state index in [0.717, 1.165) is 55.4 Å². The van der Waals surface area contributed by atoms with Crippen LogP contribution in [0.2, 0.25) is 0 Å². The topological polar surface area (TPSA) is 90.5 Å². The van der Waals surface area contributed by atoms with Crippen LogP contribution in [0, 0.1) is 0 Å². The Bertz CT molecular complexity index is 2930. The number of fused-ring (bicyclic) bond motifs is 4.